The Kier molecular flexibility index (Phi) is 3.10. The minimum absolute atomic E-state index is 0.250. The second kappa shape index (κ2) is 4.57. The topological polar surface area (TPSA) is 29.5 Å². The van der Waals surface area contributed by atoms with Gasteiger partial charge < -0.3 is 9.84 Å². The van der Waals surface area contributed by atoms with E-state index in [0.29, 0.717) is 5.75 Å². The fourth-order valence-corrected chi connectivity index (χ4v) is 2.95. The largest absolute Gasteiger partial charge is 0.482 e. The number of aliphatic hydroxyl groups excluding tert-OH is 1. The summed E-state index contributed by atoms with van der Waals surface area (Å²) in [5.74, 6) is 0.193. The second-order valence-corrected chi connectivity index (χ2v) is 6.32. The number of halogens is 2. The van der Waals surface area contributed by atoms with E-state index in [2.05, 4.69) is 15.9 Å². The third-order valence-corrected chi connectivity index (χ3v) is 4.10. The summed E-state index contributed by atoms with van der Waals surface area (Å²) in [5.41, 5.74) is 2.44. The molecule has 2 aromatic carbocycles. The van der Waals surface area contributed by atoms with Crippen molar-refractivity contribution in [2.24, 2.45) is 0 Å². The van der Waals surface area contributed by atoms with Crippen LogP contribution in [0.2, 0.25) is 0 Å². The molecule has 0 atom stereocenters. The van der Waals surface area contributed by atoms with Crippen LogP contribution in [0.15, 0.2) is 34.8 Å². The standard InChI is InChI=1S/C16H14BrFO2/c1-16(2)13-6-10(17)3-4-11(13)12-7-14(18)9(8-19)5-15(12)20-16/h3-7,19H,8H2,1-2H3. The number of hydrogen-bond acceptors (Lipinski definition) is 2. The molecule has 0 aliphatic carbocycles. The van der Waals surface area contributed by atoms with Crippen LogP contribution in [0.5, 0.6) is 5.75 Å². The summed E-state index contributed by atoms with van der Waals surface area (Å²) in [4.78, 5) is 0. The maximum absolute atomic E-state index is 13.9. The quantitative estimate of drug-likeness (QED) is 0.837. The molecule has 1 aliphatic heterocycles. The third kappa shape index (κ3) is 2.03. The second-order valence-electron chi connectivity index (χ2n) is 5.40. The summed E-state index contributed by atoms with van der Waals surface area (Å²) in [6.45, 7) is 3.61. The molecule has 0 saturated carbocycles. The van der Waals surface area contributed by atoms with E-state index < -0.39 is 11.4 Å². The fraction of sp³-hybridized carbons (Fsp3) is 0.250. The van der Waals surface area contributed by atoms with Crippen molar-refractivity contribution in [3.8, 4) is 16.9 Å². The summed E-state index contributed by atoms with van der Waals surface area (Å²) in [7, 11) is 0. The van der Waals surface area contributed by atoms with Crippen molar-refractivity contribution in [2.45, 2.75) is 26.1 Å². The van der Waals surface area contributed by atoms with Crippen LogP contribution in [0.25, 0.3) is 11.1 Å². The average molecular weight is 337 g/mol. The highest BCUT2D eigenvalue weighted by molar-refractivity contribution is 9.10. The van der Waals surface area contributed by atoms with Gasteiger partial charge in [-0.3, -0.25) is 0 Å². The Morgan fingerprint density at radius 2 is 1.95 bits per heavy atom. The van der Waals surface area contributed by atoms with Crippen LogP contribution in [-0.4, -0.2) is 5.11 Å². The minimum Gasteiger partial charge on any atom is -0.482 e. The highest BCUT2D eigenvalue weighted by Gasteiger charge is 2.33. The summed E-state index contributed by atoms with van der Waals surface area (Å²) in [6, 6.07) is 8.90. The third-order valence-electron chi connectivity index (χ3n) is 3.60. The van der Waals surface area contributed by atoms with E-state index in [4.69, 9.17) is 4.74 Å². The first-order valence-electron chi connectivity index (χ1n) is 6.35. The highest BCUT2D eigenvalue weighted by atomic mass is 79.9. The zero-order valence-corrected chi connectivity index (χ0v) is 12.8. The first-order chi connectivity index (χ1) is 9.42. The predicted octanol–water partition coefficient (Wildman–Crippen LogP) is 4.38. The molecule has 0 radical (unpaired) electrons. The molecule has 104 valence electrons. The van der Waals surface area contributed by atoms with Crippen molar-refractivity contribution in [1.82, 2.24) is 0 Å². The van der Waals surface area contributed by atoms with Gasteiger partial charge >= 0.3 is 0 Å². The first-order valence-corrected chi connectivity index (χ1v) is 7.14. The molecular formula is C16H14BrFO2. The van der Waals surface area contributed by atoms with Gasteiger partial charge in [0.05, 0.1) is 6.61 Å². The molecule has 1 heterocycles. The van der Waals surface area contributed by atoms with Gasteiger partial charge in [0.25, 0.3) is 0 Å². The predicted molar refractivity (Wildman–Crippen MR) is 79.1 cm³/mol. The molecule has 2 aromatic rings. The van der Waals surface area contributed by atoms with E-state index in [1.807, 2.05) is 32.0 Å². The maximum Gasteiger partial charge on any atom is 0.129 e. The van der Waals surface area contributed by atoms with Gasteiger partial charge in [-0.15, -0.1) is 0 Å². The van der Waals surface area contributed by atoms with Gasteiger partial charge in [0.15, 0.2) is 0 Å². The van der Waals surface area contributed by atoms with Crippen molar-refractivity contribution in [3.63, 3.8) is 0 Å². The van der Waals surface area contributed by atoms with Crippen molar-refractivity contribution in [1.29, 1.82) is 0 Å². The van der Waals surface area contributed by atoms with E-state index in [9.17, 15) is 9.50 Å². The van der Waals surface area contributed by atoms with Crippen LogP contribution >= 0.6 is 15.9 Å². The van der Waals surface area contributed by atoms with Crippen LogP contribution < -0.4 is 4.74 Å². The van der Waals surface area contributed by atoms with Crippen LogP contribution in [0.4, 0.5) is 4.39 Å². The van der Waals surface area contributed by atoms with Crippen LogP contribution in [0.3, 0.4) is 0 Å². The number of rotatable bonds is 1. The van der Waals surface area contributed by atoms with E-state index in [1.54, 1.807) is 6.07 Å². The number of hydrogen-bond donors (Lipinski definition) is 1. The van der Waals surface area contributed by atoms with Crippen LogP contribution in [-0.2, 0) is 12.2 Å². The lowest BCUT2D eigenvalue weighted by Crippen LogP contribution is -2.29. The molecule has 0 fully saturated rings. The molecule has 0 spiro atoms. The highest BCUT2D eigenvalue weighted by Crippen LogP contribution is 2.46. The van der Waals surface area contributed by atoms with Gasteiger partial charge in [0.1, 0.15) is 17.2 Å². The van der Waals surface area contributed by atoms with Crippen molar-refractivity contribution in [2.75, 3.05) is 0 Å². The van der Waals surface area contributed by atoms with Crippen LogP contribution in [0, 0.1) is 5.82 Å². The van der Waals surface area contributed by atoms with E-state index in [-0.39, 0.29) is 12.2 Å². The summed E-state index contributed by atoms with van der Waals surface area (Å²) in [6.07, 6.45) is 0. The molecule has 1 N–H and O–H groups in total. The van der Waals surface area contributed by atoms with E-state index in [1.165, 1.54) is 6.07 Å². The minimum atomic E-state index is -0.503. The molecule has 3 rings (SSSR count). The van der Waals surface area contributed by atoms with E-state index in [0.717, 1.165) is 21.2 Å². The number of ether oxygens (including phenoxy) is 1. The van der Waals surface area contributed by atoms with Crippen molar-refractivity contribution >= 4 is 15.9 Å². The molecule has 0 unspecified atom stereocenters. The van der Waals surface area contributed by atoms with Gasteiger partial charge in [0.2, 0.25) is 0 Å². The van der Waals surface area contributed by atoms with Gasteiger partial charge in [0, 0.05) is 21.2 Å². The summed E-state index contributed by atoms with van der Waals surface area (Å²) < 4.78 is 20.9. The molecule has 2 nitrogen and oxygen atoms in total. The summed E-state index contributed by atoms with van der Waals surface area (Å²) in [5, 5.41) is 9.18. The van der Waals surface area contributed by atoms with Crippen LogP contribution in [0.1, 0.15) is 25.0 Å². The lowest BCUT2D eigenvalue weighted by molar-refractivity contribution is 0.105. The van der Waals surface area contributed by atoms with Gasteiger partial charge in [-0.25, -0.2) is 4.39 Å². The van der Waals surface area contributed by atoms with E-state index >= 15 is 0 Å². The smallest absolute Gasteiger partial charge is 0.129 e. The van der Waals surface area contributed by atoms with Crippen molar-refractivity contribution < 1.29 is 14.2 Å². The Morgan fingerprint density at radius 3 is 2.65 bits per heavy atom. The molecule has 20 heavy (non-hydrogen) atoms. The molecule has 0 aromatic heterocycles. The summed E-state index contributed by atoms with van der Waals surface area (Å²) >= 11 is 3.46. The zero-order chi connectivity index (χ0) is 14.5. The van der Waals surface area contributed by atoms with Gasteiger partial charge in [-0.05, 0) is 43.7 Å². The van der Waals surface area contributed by atoms with Crippen molar-refractivity contribution in [3.05, 3.63) is 51.7 Å². The zero-order valence-electron chi connectivity index (χ0n) is 11.2. The Morgan fingerprint density at radius 1 is 1.20 bits per heavy atom. The Hall–Kier alpha value is -1.39. The van der Waals surface area contributed by atoms with Gasteiger partial charge in [-0.2, -0.15) is 0 Å². The molecule has 0 saturated heterocycles. The molecule has 0 amide bonds. The average Bonchev–Trinajstić information content (AvgIpc) is 2.39. The molecule has 0 bridgehead atoms. The normalized spacial score (nSPS) is 15.2. The lowest BCUT2D eigenvalue weighted by Gasteiger charge is -2.35. The monoisotopic (exact) mass is 336 g/mol. The fourth-order valence-electron chi connectivity index (χ4n) is 2.59. The Labute approximate surface area is 125 Å². The Bertz CT molecular complexity index is 695. The number of aliphatic hydroxyl groups is 1. The number of fused-ring (bicyclic) bond motifs is 3. The SMILES string of the molecule is CC1(C)Oc2cc(CO)c(F)cc2-c2ccc(Br)cc21. The first kappa shape index (κ1) is 13.6. The molecular weight excluding hydrogens is 323 g/mol. The Balaban J connectivity index is 2.29. The number of benzene rings is 2. The molecule has 1 aliphatic rings. The molecule has 4 heteroatoms. The maximum atomic E-state index is 13.9. The van der Waals surface area contributed by atoms with Gasteiger partial charge in [-0.1, -0.05) is 22.0 Å². The lowest BCUT2D eigenvalue weighted by atomic mass is 9.86.